The Bertz CT molecular complexity index is 1440. The van der Waals surface area contributed by atoms with E-state index in [-0.39, 0.29) is 22.0 Å². The SMILES string of the molecule is CCCOC(=O)c1c(NC(=O)c2c(-c3ccccc3)nn(-c3ccccc3)c2C)sc(C(=O)OC)c1C. The van der Waals surface area contributed by atoms with E-state index in [9.17, 15) is 14.4 Å². The summed E-state index contributed by atoms with van der Waals surface area (Å²) in [6.45, 7) is 5.55. The minimum absolute atomic E-state index is 0.140. The van der Waals surface area contributed by atoms with Crippen LogP contribution in [-0.4, -0.2) is 41.3 Å². The molecule has 0 bridgehead atoms. The van der Waals surface area contributed by atoms with Gasteiger partial charge in [0.25, 0.3) is 5.91 Å². The fourth-order valence-electron chi connectivity index (χ4n) is 3.96. The van der Waals surface area contributed by atoms with Crippen molar-refractivity contribution in [3.05, 3.63) is 87.9 Å². The van der Waals surface area contributed by atoms with Crippen molar-refractivity contribution >= 4 is 34.2 Å². The first-order valence-electron chi connectivity index (χ1n) is 11.8. The maximum atomic E-state index is 13.8. The predicted octanol–water partition coefficient (Wildman–Crippen LogP) is 5.82. The average molecular weight is 518 g/mol. The molecule has 0 aliphatic heterocycles. The van der Waals surface area contributed by atoms with Gasteiger partial charge in [0.2, 0.25) is 0 Å². The van der Waals surface area contributed by atoms with Gasteiger partial charge in [-0.2, -0.15) is 5.10 Å². The molecule has 190 valence electrons. The second-order valence-electron chi connectivity index (χ2n) is 8.26. The summed E-state index contributed by atoms with van der Waals surface area (Å²) in [7, 11) is 1.27. The van der Waals surface area contributed by atoms with Gasteiger partial charge in [-0.05, 0) is 38.0 Å². The minimum Gasteiger partial charge on any atom is -0.465 e. The number of para-hydroxylation sites is 1. The van der Waals surface area contributed by atoms with Crippen LogP contribution in [0.15, 0.2) is 60.7 Å². The van der Waals surface area contributed by atoms with E-state index in [0.29, 0.717) is 28.9 Å². The highest BCUT2D eigenvalue weighted by atomic mass is 32.1. The van der Waals surface area contributed by atoms with E-state index in [1.54, 1.807) is 11.6 Å². The fraction of sp³-hybridized carbons (Fsp3) is 0.214. The third-order valence-corrected chi connectivity index (χ3v) is 6.96. The number of esters is 2. The first-order chi connectivity index (χ1) is 17.9. The van der Waals surface area contributed by atoms with Gasteiger partial charge in [0.15, 0.2) is 0 Å². The number of thiophene rings is 1. The first kappa shape index (κ1) is 25.8. The van der Waals surface area contributed by atoms with E-state index in [1.165, 1.54) is 7.11 Å². The van der Waals surface area contributed by atoms with E-state index in [4.69, 9.17) is 14.6 Å². The summed E-state index contributed by atoms with van der Waals surface area (Å²) >= 11 is 0.980. The monoisotopic (exact) mass is 517 g/mol. The number of anilines is 1. The summed E-state index contributed by atoms with van der Waals surface area (Å²) in [4.78, 5) is 39.3. The predicted molar refractivity (Wildman–Crippen MR) is 143 cm³/mol. The topological polar surface area (TPSA) is 99.5 Å². The average Bonchev–Trinajstić information content (AvgIpc) is 3.44. The zero-order valence-corrected chi connectivity index (χ0v) is 21.8. The summed E-state index contributed by atoms with van der Waals surface area (Å²) < 4.78 is 11.9. The van der Waals surface area contributed by atoms with E-state index in [2.05, 4.69) is 5.32 Å². The molecule has 4 aromatic rings. The van der Waals surface area contributed by atoms with Crippen LogP contribution in [0, 0.1) is 13.8 Å². The molecule has 0 spiro atoms. The Labute approximate surface area is 218 Å². The van der Waals surface area contributed by atoms with Crippen molar-refractivity contribution in [3.63, 3.8) is 0 Å². The van der Waals surface area contributed by atoms with Crippen LogP contribution in [0.25, 0.3) is 16.9 Å². The molecule has 0 atom stereocenters. The molecule has 8 nitrogen and oxygen atoms in total. The van der Waals surface area contributed by atoms with Crippen molar-refractivity contribution in [1.29, 1.82) is 0 Å². The third-order valence-electron chi connectivity index (χ3n) is 5.78. The molecule has 0 saturated carbocycles. The smallest absolute Gasteiger partial charge is 0.348 e. The van der Waals surface area contributed by atoms with Crippen LogP contribution in [0.1, 0.15) is 55.0 Å². The number of hydrogen-bond donors (Lipinski definition) is 1. The number of aromatic nitrogens is 2. The van der Waals surface area contributed by atoms with Crippen LogP contribution in [0.2, 0.25) is 0 Å². The van der Waals surface area contributed by atoms with Crippen molar-refractivity contribution in [2.75, 3.05) is 19.0 Å². The molecule has 2 heterocycles. The maximum Gasteiger partial charge on any atom is 0.348 e. The molecule has 37 heavy (non-hydrogen) atoms. The second-order valence-corrected chi connectivity index (χ2v) is 9.28. The number of rotatable bonds is 8. The second kappa shape index (κ2) is 11.2. The van der Waals surface area contributed by atoms with Crippen LogP contribution in [0.5, 0.6) is 0 Å². The van der Waals surface area contributed by atoms with Gasteiger partial charge < -0.3 is 14.8 Å². The van der Waals surface area contributed by atoms with Crippen LogP contribution in [0.4, 0.5) is 5.00 Å². The molecule has 0 radical (unpaired) electrons. The number of methoxy groups -OCH3 is 1. The van der Waals surface area contributed by atoms with Crippen molar-refractivity contribution in [3.8, 4) is 16.9 Å². The normalized spacial score (nSPS) is 10.7. The molecular formula is C28H27N3O5S. The molecule has 0 fully saturated rings. The third kappa shape index (κ3) is 5.17. The number of ether oxygens (including phenoxy) is 2. The molecule has 0 saturated heterocycles. The molecule has 9 heteroatoms. The fourth-order valence-corrected chi connectivity index (χ4v) is 5.07. The van der Waals surface area contributed by atoms with Crippen LogP contribution < -0.4 is 5.32 Å². The largest absolute Gasteiger partial charge is 0.465 e. The summed E-state index contributed by atoms with van der Waals surface area (Å²) in [5.41, 5.74) is 3.59. The Balaban J connectivity index is 1.82. The lowest BCUT2D eigenvalue weighted by molar-refractivity contribution is 0.0506. The number of benzene rings is 2. The van der Waals surface area contributed by atoms with E-state index in [1.807, 2.05) is 74.5 Å². The van der Waals surface area contributed by atoms with Gasteiger partial charge in [-0.25, -0.2) is 14.3 Å². The van der Waals surface area contributed by atoms with Gasteiger partial charge in [-0.3, -0.25) is 4.79 Å². The maximum absolute atomic E-state index is 13.8. The van der Waals surface area contributed by atoms with Gasteiger partial charge in [-0.1, -0.05) is 55.5 Å². The molecule has 0 aliphatic rings. The van der Waals surface area contributed by atoms with E-state index in [0.717, 1.165) is 22.6 Å². The Morgan fingerprint density at radius 1 is 0.946 bits per heavy atom. The van der Waals surface area contributed by atoms with E-state index < -0.39 is 17.8 Å². The summed E-state index contributed by atoms with van der Waals surface area (Å²) in [5, 5.41) is 7.84. The quantitative estimate of drug-likeness (QED) is 0.296. The number of carbonyl (C=O) groups is 3. The number of carbonyl (C=O) groups excluding carboxylic acids is 3. The Morgan fingerprint density at radius 3 is 2.22 bits per heavy atom. The van der Waals surface area contributed by atoms with Crippen molar-refractivity contribution in [2.45, 2.75) is 27.2 Å². The lowest BCUT2D eigenvalue weighted by Crippen LogP contribution is -2.16. The molecule has 4 rings (SSSR count). The van der Waals surface area contributed by atoms with Gasteiger partial charge in [0, 0.05) is 5.56 Å². The van der Waals surface area contributed by atoms with Gasteiger partial charge in [0.05, 0.1) is 36.2 Å². The number of amides is 1. The minimum atomic E-state index is -0.610. The highest BCUT2D eigenvalue weighted by Crippen LogP contribution is 2.36. The summed E-state index contributed by atoms with van der Waals surface area (Å²) in [6, 6.07) is 18.9. The van der Waals surface area contributed by atoms with Crippen LogP contribution in [0.3, 0.4) is 0 Å². The lowest BCUT2D eigenvalue weighted by atomic mass is 10.1. The van der Waals surface area contributed by atoms with Crippen molar-refractivity contribution in [2.24, 2.45) is 0 Å². The number of hydrogen-bond acceptors (Lipinski definition) is 7. The lowest BCUT2D eigenvalue weighted by Gasteiger charge is -2.09. The zero-order chi connectivity index (χ0) is 26.5. The molecule has 1 N–H and O–H groups in total. The van der Waals surface area contributed by atoms with Crippen LogP contribution >= 0.6 is 11.3 Å². The number of nitrogens with zero attached hydrogens (tertiary/aromatic N) is 2. The molecule has 0 aliphatic carbocycles. The molecule has 2 aromatic heterocycles. The van der Waals surface area contributed by atoms with Gasteiger partial charge in [0.1, 0.15) is 15.6 Å². The molecule has 2 aromatic carbocycles. The Kier molecular flexibility index (Phi) is 7.83. The molecule has 0 unspecified atom stereocenters. The van der Waals surface area contributed by atoms with Crippen molar-refractivity contribution in [1.82, 2.24) is 9.78 Å². The number of nitrogens with one attached hydrogen (secondary N) is 1. The van der Waals surface area contributed by atoms with Crippen molar-refractivity contribution < 1.29 is 23.9 Å². The first-order valence-corrected chi connectivity index (χ1v) is 12.6. The highest BCUT2D eigenvalue weighted by Gasteiger charge is 2.29. The molecular weight excluding hydrogens is 490 g/mol. The zero-order valence-electron chi connectivity index (χ0n) is 21.0. The summed E-state index contributed by atoms with van der Waals surface area (Å²) in [5.74, 6) is -1.66. The molecule has 1 amide bonds. The van der Waals surface area contributed by atoms with Gasteiger partial charge in [-0.15, -0.1) is 11.3 Å². The Morgan fingerprint density at radius 2 is 1.59 bits per heavy atom. The standard InChI is InChI=1S/C28H27N3O5S/c1-5-16-36-27(33)21-17(2)24(28(34)35-4)37-26(21)29-25(32)22-18(3)31(20-14-10-7-11-15-20)30-23(22)19-12-8-6-9-13-19/h6-15H,5,16H2,1-4H3,(H,29,32). The summed E-state index contributed by atoms with van der Waals surface area (Å²) in [6.07, 6.45) is 0.638. The van der Waals surface area contributed by atoms with Gasteiger partial charge >= 0.3 is 11.9 Å². The highest BCUT2D eigenvalue weighted by molar-refractivity contribution is 7.18. The van der Waals surface area contributed by atoms with E-state index >= 15 is 0 Å². The Hall–Kier alpha value is -4.24. The van der Waals surface area contributed by atoms with Crippen LogP contribution in [-0.2, 0) is 9.47 Å².